The fourth-order valence-corrected chi connectivity index (χ4v) is 7.72. The molecule has 3 N–H and O–H groups in total. The Hall–Kier alpha value is -2.40. The summed E-state index contributed by atoms with van der Waals surface area (Å²) >= 11 is 6.31. The highest BCUT2D eigenvalue weighted by Crippen LogP contribution is 2.45. The van der Waals surface area contributed by atoms with Crippen LogP contribution in [0.4, 0.5) is 5.69 Å². The van der Waals surface area contributed by atoms with Crippen LogP contribution in [-0.4, -0.2) is 89.7 Å². The van der Waals surface area contributed by atoms with Crippen molar-refractivity contribution in [3.8, 4) is 17.6 Å². The number of nitrogens with zero attached hydrogens (tertiary/aromatic N) is 3. The summed E-state index contributed by atoms with van der Waals surface area (Å²) in [7, 11) is 2.04. The molecule has 43 heavy (non-hydrogen) atoms. The van der Waals surface area contributed by atoms with Crippen molar-refractivity contribution in [1.29, 1.82) is 0 Å². The van der Waals surface area contributed by atoms with Gasteiger partial charge in [-0.15, -0.1) is 5.92 Å². The summed E-state index contributed by atoms with van der Waals surface area (Å²) in [6.45, 7) is 23.1. The lowest BCUT2D eigenvalue weighted by Gasteiger charge is -2.31. The number of hydrazone groups is 1. The Morgan fingerprint density at radius 2 is 1.56 bits per heavy atom. The lowest BCUT2D eigenvalue weighted by molar-refractivity contribution is -0.896. The van der Waals surface area contributed by atoms with E-state index in [0.29, 0.717) is 6.61 Å². The van der Waals surface area contributed by atoms with Gasteiger partial charge in [-0.05, 0) is 95.6 Å². The molecular formula is C34H57N6OPS+2. The molecule has 0 aliphatic rings. The van der Waals surface area contributed by atoms with E-state index in [-0.39, 0.29) is 0 Å². The summed E-state index contributed by atoms with van der Waals surface area (Å²) in [5.74, 6) is 6.91. The molecular weight excluding hydrogens is 571 g/mol. The van der Waals surface area contributed by atoms with E-state index in [0.717, 1.165) is 88.4 Å². The Bertz CT molecular complexity index is 1150. The summed E-state index contributed by atoms with van der Waals surface area (Å²) in [6, 6.07) is 16.5. The van der Waals surface area contributed by atoms with Crippen molar-refractivity contribution in [3.63, 3.8) is 0 Å². The van der Waals surface area contributed by atoms with Crippen molar-refractivity contribution in [1.82, 2.24) is 9.87 Å². The highest BCUT2D eigenvalue weighted by molar-refractivity contribution is 8.12. The van der Waals surface area contributed by atoms with Gasteiger partial charge < -0.3 is 19.4 Å². The first kappa shape index (κ1) is 36.8. The zero-order valence-electron chi connectivity index (χ0n) is 27.8. The summed E-state index contributed by atoms with van der Waals surface area (Å²) in [5, 5.41) is 8.63. The monoisotopic (exact) mass is 628 g/mol. The standard InChI is InChI=1S/C34H55N6OPS/c1-8-15-31-16-20-33(21-17-31)40(13-6)27-28-41-34-22-18-32(19-23-34)30-35-37(7)42(43,29-14-25-38(9-2)10-3)36-24-26-39(11-4)12-5/h16-23,30H,9-14,24-29H2,1-7H3,(H,36,43)/p+2/b35-30+. The summed E-state index contributed by atoms with van der Waals surface area (Å²) in [6.07, 6.45) is 1.99. The number of hydrogen-bond acceptors (Lipinski definition) is 4. The molecule has 2 rings (SSSR count). The molecule has 0 heterocycles. The Balaban J connectivity index is 1.96. The Morgan fingerprint density at radius 1 is 0.930 bits per heavy atom. The Morgan fingerprint density at radius 3 is 2.14 bits per heavy atom. The van der Waals surface area contributed by atoms with Crippen molar-refractivity contribution in [2.75, 3.05) is 83.6 Å². The van der Waals surface area contributed by atoms with Crippen molar-refractivity contribution >= 4 is 30.0 Å². The number of hydrogen-bond donors (Lipinski definition) is 3. The SMILES string of the molecule is CC#Cc1ccc(N(CC)CCOc2ccc(/C=N/N(C)P(=S)(CCC[NH+](CC)CC)NCC[NH+](CC)CC)cc2)cc1. The van der Waals surface area contributed by atoms with Gasteiger partial charge in [0.05, 0.1) is 58.6 Å². The maximum absolute atomic E-state index is 6.31. The van der Waals surface area contributed by atoms with Gasteiger partial charge in [-0.3, -0.25) is 9.87 Å². The predicted octanol–water partition coefficient (Wildman–Crippen LogP) is 3.37. The third kappa shape index (κ3) is 13.0. The zero-order chi connectivity index (χ0) is 31.5. The normalized spacial score (nSPS) is 12.8. The first-order valence-corrected chi connectivity index (χ1v) is 19.1. The van der Waals surface area contributed by atoms with Crippen molar-refractivity contribution < 1.29 is 14.5 Å². The molecule has 7 nitrogen and oxygen atoms in total. The molecule has 2 aromatic rings. The largest absolute Gasteiger partial charge is 0.492 e. The van der Waals surface area contributed by atoms with Gasteiger partial charge in [0.25, 0.3) is 0 Å². The van der Waals surface area contributed by atoms with E-state index in [1.165, 1.54) is 5.69 Å². The van der Waals surface area contributed by atoms with E-state index in [2.05, 4.69) is 92.8 Å². The molecule has 238 valence electrons. The average molecular weight is 629 g/mol. The first-order chi connectivity index (χ1) is 20.8. The van der Waals surface area contributed by atoms with Gasteiger partial charge in [-0.1, -0.05) is 17.7 Å². The lowest BCUT2D eigenvalue weighted by Crippen LogP contribution is -3.12. The number of nitrogens with one attached hydrogen (secondary N) is 3. The van der Waals surface area contributed by atoms with Crippen LogP contribution in [0, 0.1) is 11.8 Å². The van der Waals surface area contributed by atoms with Crippen LogP contribution in [0.15, 0.2) is 53.6 Å². The van der Waals surface area contributed by atoms with Crippen LogP contribution in [-0.2, 0) is 11.8 Å². The molecule has 1 unspecified atom stereocenters. The van der Waals surface area contributed by atoms with Crippen LogP contribution in [0.5, 0.6) is 5.75 Å². The van der Waals surface area contributed by atoms with Gasteiger partial charge in [0.1, 0.15) is 18.7 Å². The second kappa shape index (κ2) is 20.5. The number of benzene rings is 2. The average Bonchev–Trinajstić information content (AvgIpc) is 3.03. The van der Waals surface area contributed by atoms with Gasteiger partial charge in [0, 0.05) is 37.4 Å². The molecule has 0 aliphatic heterocycles. The Kier molecular flexibility index (Phi) is 17.6. The number of likely N-dealkylation sites (N-methyl/N-ethyl adjacent to an activating group) is 2. The topological polar surface area (TPSA) is 49.0 Å². The minimum atomic E-state index is -2.01. The molecule has 9 heteroatoms. The van der Waals surface area contributed by atoms with Crippen molar-refractivity contribution in [3.05, 3.63) is 59.7 Å². The molecule has 0 saturated carbocycles. The second-order valence-corrected chi connectivity index (χ2v) is 15.3. The van der Waals surface area contributed by atoms with Gasteiger partial charge in [0.15, 0.2) is 0 Å². The highest BCUT2D eigenvalue weighted by atomic mass is 32.4. The predicted molar refractivity (Wildman–Crippen MR) is 190 cm³/mol. The fourth-order valence-electron chi connectivity index (χ4n) is 5.01. The molecule has 0 bridgehead atoms. The van der Waals surface area contributed by atoms with E-state index in [1.807, 2.05) is 37.1 Å². The lowest BCUT2D eigenvalue weighted by atomic mass is 10.2. The van der Waals surface area contributed by atoms with E-state index in [1.54, 1.807) is 9.80 Å². The van der Waals surface area contributed by atoms with Crippen LogP contribution in [0.2, 0.25) is 0 Å². The third-order valence-corrected chi connectivity index (χ3v) is 12.4. The fraction of sp³-hybridized carbons (Fsp3) is 0.559. The molecule has 0 aliphatic carbocycles. The van der Waals surface area contributed by atoms with Gasteiger partial charge in [-0.25, -0.2) is 0 Å². The molecule has 0 aromatic heterocycles. The zero-order valence-corrected chi connectivity index (χ0v) is 29.5. The molecule has 0 amide bonds. The van der Waals surface area contributed by atoms with Gasteiger partial charge in [-0.2, -0.15) is 5.10 Å². The number of quaternary nitrogens is 2. The minimum absolute atomic E-state index is 0.611. The second-order valence-electron chi connectivity index (χ2n) is 10.8. The number of anilines is 1. The molecule has 2 aromatic carbocycles. The Labute approximate surface area is 267 Å². The molecule has 1 atom stereocenters. The number of rotatable bonds is 21. The smallest absolute Gasteiger partial charge is 0.119 e. The van der Waals surface area contributed by atoms with Crippen LogP contribution in [0.1, 0.15) is 59.1 Å². The molecule has 0 fully saturated rings. The molecule has 0 spiro atoms. The number of ether oxygens (including phenoxy) is 1. The van der Waals surface area contributed by atoms with Crippen LogP contribution < -0.4 is 24.5 Å². The summed E-state index contributed by atoms with van der Waals surface area (Å²) in [5.41, 5.74) is 3.26. The van der Waals surface area contributed by atoms with Crippen molar-refractivity contribution in [2.24, 2.45) is 5.10 Å². The van der Waals surface area contributed by atoms with Gasteiger partial charge >= 0.3 is 0 Å². The molecule has 0 radical (unpaired) electrons. The van der Waals surface area contributed by atoms with E-state index >= 15 is 0 Å². The van der Waals surface area contributed by atoms with Gasteiger partial charge in [0.2, 0.25) is 0 Å². The third-order valence-electron chi connectivity index (χ3n) is 8.06. The first-order valence-electron chi connectivity index (χ1n) is 16.1. The van der Waals surface area contributed by atoms with Crippen LogP contribution in [0.3, 0.4) is 0 Å². The van der Waals surface area contributed by atoms with Crippen molar-refractivity contribution in [2.45, 2.75) is 48.0 Å². The molecule has 0 saturated heterocycles. The van der Waals surface area contributed by atoms with E-state index < -0.39 is 6.34 Å². The van der Waals surface area contributed by atoms with Crippen LogP contribution in [0.25, 0.3) is 0 Å². The van der Waals surface area contributed by atoms with Crippen LogP contribution >= 0.6 is 6.34 Å². The quantitative estimate of drug-likeness (QED) is 0.0858. The van der Waals surface area contributed by atoms with E-state index in [4.69, 9.17) is 21.6 Å². The minimum Gasteiger partial charge on any atom is -0.492 e. The summed E-state index contributed by atoms with van der Waals surface area (Å²) < 4.78 is 8.12. The van der Waals surface area contributed by atoms with E-state index in [9.17, 15) is 0 Å². The maximum Gasteiger partial charge on any atom is 0.119 e. The highest BCUT2D eigenvalue weighted by Gasteiger charge is 2.22. The maximum atomic E-state index is 6.31. The summed E-state index contributed by atoms with van der Waals surface area (Å²) in [4.78, 5) is 5.53.